The molecule has 0 saturated heterocycles. The zero-order valence-electron chi connectivity index (χ0n) is 11.3. The Balaban J connectivity index is 2.05. The van der Waals surface area contributed by atoms with Crippen molar-refractivity contribution in [3.05, 3.63) is 28.0 Å². The molecule has 1 aromatic heterocycles. The molecule has 102 valence electrons. The Labute approximate surface area is 123 Å². The average Bonchev–Trinajstić information content (AvgIpc) is 2.68. The van der Waals surface area contributed by atoms with Crippen LogP contribution in [0.3, 0.4) is 0 Å². The Morgan fingerprint density at radius 2 is 2.05 bits per heavy atom. The van der Waals surface area contributed by atoms with E-state index >= 15 is 0 Å². The van der Waals surface area contributed by atoms with Gasteiger partial charge in [-0.2, -0.15) is 0 Å². The number of imidazole rings is 1. The standard InChI is InChI=1S/C15H19ClN2S/c1-9-3-5-12(7-10(9)2)18-14-6-4-11(16)8-13(14)17-15(18)19/h4,6,8-10,12H,3,5,7H2,1-2H3,(H,17,19). The highest BCUT2D eigenvalue weighted by Crippen LogP contribution is 2.38. The number of aromatic amines is 1. The van der Waals surface area contributed by atoms with E-state index in [0.29, 0.717) is 6.04 Å². The maximum atomic E-state index is 6.05. The number of aromatic nitrogens is 2. The van der Waals surface area contributed by atoms with E-state index in [-0.39, 0.29) is 0 Å². The summed E-state index contributed by atoms with van der Waals surface area (Å²) in [6, 6.07) is 6.50. The summed E-state index contributed by atoms with van der Waals surface area (Å²) in [5.74, 6) is 1.59. The van der Waals surface area contributed by atoms with E-state index in [1.165, 1.54) is 24.8 Å². The van der Waals surface area contributed by atoms with E-state index in [4.69, 9.17) is 23.8 Å². The monoisotopic (exact) mass is 294 g/mol. The predicted molar refractivity (Wildman–Crippen MR) is 83.3 cm³/mol. The van der Waals surface area contributed by atoms with Gasteiger partial charge < -0.3 is 9.55 Å². The minimum absolute atomic E-state index is 0.522. The summed E-state index contributed by atoms with van der Waals surface area (Å²) in [7, 11) is 0. The SMILES string of the molecule is CC1CCC(n2c(=S)[nH]c3cc(Cl)ccc32)CC1C. The molecule has 0 aliphatic heterocycles. The average molecular weight is 295 g/mol. The summed E-state index contributed by atoms with van der Waals surface area (Å²) in [5, 5.41) is 0.751. The molecule has 19 heavy (non-hydrogen) atoms. The first-order valence-electron chi connectivity index (χ1n) is 6.96. The Morgan fingerprint density at radius 3 is 2.79 bits per heavy atom. The van der Waals surface area contributed by atoms with Gasteiger partial charge in [0.25, 0.3) is 0 Å². The minimum Gasteiger partial charge on any atom is -0.331 e. The summed E-state index contributed by atoms with van der Waals surface area (Å²) in [5.41, 5.74) is 2.23. The van der Waals surface area contributed by atoms with Crippen molar-refractivity contribution in [1.82, 2.24) is 9.55 Å². The van der Waals surface area contributed by atoms with Gasteiger partial charge in [-0.15, -0.1) is 0 Å². The smallest absolute Gasteiger partial charge is 0.178 e. The van der Waals surface area contributed by atoms with Gasteiger partial charge in [0, 0.05) is 11.1 Å². The van der Waals surface area contributed by atoms with Crippen LogP contribution in [0.25, 0.3) is 11.0 Å². The van der Waals surface area contributed by atoms with Gasteiger partial charge in [0.15, 0.2) is 4.77 Å². The van der Waals surface area contributed by atoms with Crippen molar-refractivity contribution in [2.75, 3.05) is 0 Å². The fourth-order valence-electron chi connectivity index (χ4n) is 3.22. The van der Waals surface area contributed by atoms with Crippen LogP contribution in [0.5, 0.6) is 0 Å². The summed E-state index contributed by atoms with van der Waals surface area (Å²) < 4.78 is 3.12. The van der Waals surface area contributed by atoms with Crippen LogP contribution in [0.2, 0.25) is 5.02 Å². The number of nitrogens with one attached hydrogen (secondary N) is 1. The summed E-state index contributed by atoms with van der Waals surface area (Å²) in [6.07, 6.45) is 3.72. The second kappa shape index (κ2) is 4.95. The normalized spacial score (nSPS) is 27.8. The molecule has 1 N–H and O–H groups in total. The second-order valence-electron chi connectivity index (χ2n) is 5.88. The van der Waals surface area contributed by atoms with Crippen molar-refractivity contribution in [1.29, 1.82) is 0 Å². The Hall–Kier alpha value is -0.800. The van der Waals surface area contributed by atoms with E-state index in [2.05, 4.69) is 29.5 Å². The summed E-state index contributed by atoms with van der Waals surface area (Å²) in [4.78, 5) is 3.28. The van der Waals surface area contributed by atoms with E-state index < -0.39 is 0 Å². The highest BCUT2D eigenvalue weighted by atomic mass is 35.5. The molecule has 1 heterocycles. The number of hydrogen-bond acceptors (Lipinski definition) is 1. The molecule has 0 bridgehead atoms. The van der Waals surface area contributed by atoms with Crippen molar-refractivity contribution in [3.8, 4) is 0 Å². The number of hydrogen-bond donors (Lipinski definition) is 1. The third-order valence-corrected chi connectivity index (χ3v) is 5.15. The number of halogens is 1. The van der Waals surface area contributed by atoms with Crippen LogP contribution in [0.4, 0.5) is 0 Å². The van der Waals surface area contributed by atoms with Crippen LogP contribution in [-0.2, 0) is 0 Å². The van der Waals surface area contributed by atoms with Gasteiger partial charge in [-0.3, -0.25) is 0 Å². The third-order valence-electron chi connectivity index (χ3n) is 4.61. The van der Waals surface area contributed by atoms with Crippen molar-refractivity contribution in [3.63, 3.8) is 0 Å². The molecule has 2 nitrogen and oxygen atoms in total. The molecular formula is C15H19ClN2S. The fraction of sp³-hybridized carbons (Fsp3) is 0.533. The third kappa shape index (κ3) is 2.34. The molecule has 1 aliphatic carbocycles. The molecule has 0 amide bonds. The van der Waals surface area contributed by atoms with Gasteiger partial charge in [0.05, 0.1) is 11.0 Å². The molecule has 4 heteroatoms. The van der Waals surface area contributed by atoms with E-state index in [0.717, 1.165) is 27.1 Å². The fourth-order valence-corrected chi connectivity index (χ4v) is 3.75. The highest BCUT2D eigenvalue weighted by Gasteiger charge is 2.26. The van der Waals surface area contributed by atoms with Crippen LogP contribution in [0.1, 0.15) is 39.2 Å². The Bertz CT molecular complexity index is 658. The predicted octanol–water partition coefficient (Wildman–Crippen LogP) is 5.35. The van der Waals surface area contributed by atoms with E-state index in [9.17, 15) is 0 Å². The van der Waals surface area contributed by atoms with Crippen molar-refractivity contribution in [2.24, 2.45) is 11.8 Å². The van der Waals surface area contributed by atoms with Crippen LogP contribution < -0.4 is 0 Å². The van der Waals surface area contributed by atoms with Crippen molar-refractivity contribution < 1.29 is 0 Å². The second-order valence-corrected chi connectivity index (χ2v) is 6.71. The highest BCUT2D eigenvalue weighted by molar-refractivity contribution is 7.71. The number of nitrogens with zero attached hydrogens (tertiary/aromatic N) is 1. The molecule has 2 aromatic rings. The molecule has 0 radical (unpaired) electrons. The van der Waals surface area contributed by atoms with Crippen LogP contribution >= 0.6 is 23.8 Å². The largest absolute Gasteiger partial charge is 0.331 e. The van der Waals surface area contributed by atoms with E-state index in [1.54, 1.807) is 0 Å². The van der Waals surface area contributed by atoms with Crippen LogP contribution in [-0.4, -0.2) is 9.55 Å². The summed E-state index contributed by atoms with van der Waals surface area (Å²) >= 11 is 11.6. The molecule has 1 saturated carbocycles. The van der Waals surface area contributed by atoms with Crippen molar-refractivity contribution in [2.45, 2.75) is 39.2 Å². The van der Waals surface area contributed by atoms with Gasteiger partial charge in [-0.1, -0.05) is 25.4 Å². The van der Waals surface area contributed by atoms with Crippen LogP contribution in [0, 0.1) is 16.6 Å². The maximum Gasteiger partial charge on any atom is 0.178 e. The van der Waals surface area contributed by atoms with Gasteiger partial charge in [0.2, 0.25) is 0 Å². The number of H-pyrrole nitrogens is 1. The van der Waals surface area contributed by atoms with Gasteiger partial charge in [-0.05, 0) is 61.5 Å². The molecule has 1 fully saturated rings. The molecule has 0 spiro atoms. The first kappa shape index (κ1) is 13.2. The maximum absolute atomic E-state index is 6.05. The Kier molecular flexibility index (Phi) is 3.44. The molecule has 1 aromatic carbocycles. The van der Waals surface area contributed by atoms with Crippen LogP contribution in [0.15, 0.2) is 18.2 Å². The number of rotatable bonds is 1. The first-order chi connectivity index (χ1) is 9.06. The van der Waals surface area contributed by atoms with Gasteiger partial charge in [-0.25, -0.2) is 0 Å². The Morgan fingerprint density at radius 1 is 1.26 bits per heavy atom. The van der Waals surface area contributed by atoms with Gasteiger partial charge >= 0.3 is 0 Å². The van der Waals surface area contributed by atoms with Gasteiger partial charge in [0.1, 0.15) is 0 Å². The lowest BCUT2D eigenvalue weighted by atomic mass is 9.79. The molecule has 3 atom stereocenters. The lowest BCUT2D eigenvalue weighted by Crippen LogP contribution is -2.23. The molecule has 1 aliphatic rings. The number of benzene rings is 1. The van der Waals surface area contributed by atoms with E-state index in [1.807, 2.05) is 12.1 Å². The number of fused-ring (bicyclic) bond motifs is 1. The summed E-state index contributed by atoms with van der Waals surface area (Å²) in [6.45, 7) is 4.71. The zero-order valence-corrected chi connectivity index (χ0v) is 12.9. The minimum atomic E-state index is 0.522. The first-order valence-corrected chi connectivity index (χ1v) is 7.74. The molecular weight excluding hydrogens is 276 g/mol. The molecule has 3 unspecified atom stereocenters. The molecule has 3 rings (SSSR count). The lowest BCUT2D eigenvalue weighted by Gasteiger charge is -2.33. The lowest BCUT2D eigenvalue weighted by molar-refractivity contribution is 0.212. The van der Waals surface area contributed by atoms with Crippen molar-refractivity contribution >= 4 is 34.9 Å². The zero-order chi connectivity index (χ0) is 13.6. The quantitative estimate of drug-likeness (QED) is 0.703. The topological polar surface area (TPSA) is 20.7 Å².